The maximum Gasteiger partial charge on any atom is 0.313 e. The van der Waals surface area contributed by atoms with Gasteiger partial charge in [-0.2, -0.15) is 8.78 Å². The van der Waals surface area contributed by atoms with Crippen LogP contribution in [-0.2, 0) is 11.5 Å². The molecular formula is C14HF11O. The van der Waals surface area contributed by atoms with Crippen molar-refractivity contribution in [3.05, 3.63) is 69.0 Å². The Balaban J connectivity index is 2.50. The molecule has 0 saturated heterocycles. The van der Waals surface area contributed by atoms with Gasteiger partial charge in [-0.3, -0.25) is 0 Å². The first-order chi connectivity index (χ1) is 11.8. The quantitative estimate of drug-likeness (QED) is 0.435. The van der Waals surface area contributed by atoms with Crippen LogP contribution >= 0.6 is 0 Å². The Morgan fingerprint density at radius 3 is 1.08 bits per heavy atom. The maximum atomic E-state index is 14.1. The largest absolute Gasteiger partial charge is 0.374 e. The molecule has 1 atom stereocenters. The summed E-state index contributed by atoms with van der Waals surface area (Å²) in [5, 5.41) is 9.90. The van der Waals surface area contributed by atoms with Crippen molar-refractivity contribution >= 4 is 0 Å². The van der Waals surface area contributed by atoms with E-state index in [0.717, 1.165) is 0 Å². The second-order valence-corrected chi connectivity index (χ2v) is 5.24. The third-order valence-corrected chi connectivity index (χ3v) is 3.97. The number of hydrogen-bond acceptors (Lipinski definition) is 1. The molecular weight excluding hydrogens is 393 g/mol. The van der Waals surface area contributed by atoms with Crippen LogP contribution < -0.4 is 0 Å². The lowest BCUT2D eigenvalue weighted by Crippen LogP contribution is -2.57. The number of alkyl halides is 2. The Bertz CT molecular complexity index is 955. The van der Waals surface area contributed by atoms with Gasteiger partial charge in [-0.25, -0.2) is 39.5 Å². The Labute approximate surface area is 135 Å². The van der Waals surface area contributed by atoms with Crippen LogP contribution in [-0.4, -0.2) is 5.11 Å². The highest BCUT2D eigenvalue weighted by molar-refractivity contribution is 5.58. The molecule has 2 aromatic rings. The van der Waals surface area contributed by atoms with Gasteiger partial charge in [-0.05, 0) is 0 Å². The zero-order valence-corrected chi connectivity index (χ0v) is 11.6. The average Bonchev–Trinajstić information content (AvgIpc) is 2.58. The van der Waals surface area contributed by atoms with Crippen molar-refractivity contribution in [2.24, 2.45) is 0 Å². The van der Waals surface area contributed by atoms with Crippen molar-refractivity contribution in [1.82, 2.24) is 0 Å². The zero-order chi connectivity index (χ0) is 19.9. The lowest BCUT2D eigenvalue weighted by molar-refractivity contribution is -0.210. The molecule has 2 aromatic carbocycles. The van der Waals surface area contributed by atoms with Crippen LogP contribution in [0.1, 0.15) is 16.7 Å². The van der Waals surface area contributed by atoms with Gasteiger partial charge in [-0.15, -0.1) is 0 Å². The van der Waals surface area contributed by atoms with Crippen LogP contribution in [0.4, 0.5) is 48.3 Å². The van der Waals surface area contributed by atoms with Crippen molar-refractivity contribution in [3.63, 3.8) is 0 Å². The minimum Gasteiger partial charge on any atom is -0.374 e. The summed E-state index contributed by atoms with van der Waals surface area (Å²) < 4.78 is 149. The molecule has 0 heterocycles. The fourth-order valence-electron chi connectivity index (χ4n) is 2.75. The second-order valence-electron chi connectivity index (χ2n) is 5.24. The molecule has 0 radical (unpaired) electrons. The summed E-state index contributed by atoms with van der Waals surface area (Å²) in [5.41, 5.74) is -11.8. The molecule has 12 heteroatoms. The summed E-state index contributed by atoms with van der Waals surface area (Å²) in [6.07, 6.45) is 0. The van der Waals surface area contributed by atoms with E-state index < -0.39 is 80.6 Å². The van der Waals surface area contributed by atoms with Crippen molar-refractivity contribution in [2.75, 3.05) is 0 Å². The molecule has 0 aliphatic heterocycles. The molecule has 0 aromatic heterocycles. The van der Waals surface area contributed by atoms with Gasteiger partial charge in [0, 0.05) is 5.56 Å². The summed E-state index contributed by atoms with van der Waals surface area (Å²) in [4.78, 5) is 0. The first-order valence-corrected chi connectivity index (χ1v) is 6.30. The molecule has 3 rings (SSSR count). The van der Waals surface area contributed by atoms with E-state index >= 15 is 0 Å². The summed E-state index contributed by atoms with van der Waals surface area (Å²) in [6.45, 7) is 0. The van der Waals surface area contributed by atoms with Gasteiger partial charge in [0.05, 0.1) is 11.1 Å². The van der Waals surface area contributed by atoms with Gasteiger partial charge in [0.2, 0.25) is 5.82 Å². The highest BCUT2D eigenvalue weighted by atomic mass is 19.3. The van der Waals surface area contributed by atoms with Gasteiger partial charge in [0.15, 0.2) is 52.1 Å². The SMILES string of the molecule is OC1(c2c(F)c(F)c(F)c(F)c2F)c2c(F)c(F)c(F)c(F)c2C1(F)F. The molecule has 0 amide bonds. The highest BCUT2D eigenvalue weighted by Gasteiger charge is 2.72. The minimum absolute atomic E-state index is 2.19. The number of fused-ring (bicyclic) bond motifs is 1. The van der Waals surface area contributed by atoms with Crippen LogP contribution in [0.15, 0.2) is 0 Å². The first-order valence-electron chi connectivity index (χ1n) is 6.30. The van der Waals surface area contributed by atoms with Crippen molar-refractivity contribution in [2.45, 2.75) is 11.5 Å². The molecule has 140 valence electrons. The van der Waals surface area contributed by atoms with Crippen LogP contribution in [0, 0.1) is 52.4 Å². The predicted molar refractivity (Wildman–Crippen MR) is 59.4 cm³/mol. The third-order valence-electron chi connectivity index (χ3n) is 3.97. The molecule has 1 aliphatic carbocycles. The summed E-state index contributed by atoms with van der Waals surface area (Å²) in [5.74, 6) is -30.4. The maximum absolute atomic E-state index is 14.1. The summed E-state index contributed by atoms with van der Waals surface area (Å²) in [7, 11) is 0. The zero-order valence-electron chi connectivity index (χ0n) is 11.6. The lowest BCUT2D eigenvalue weighted by atomic mass is 9.65. The lowest BCUT2D eigenvalue weighted by Gasteiger charge is -2.47. The Morgan fingerprint density at radius 1 is 0.423 bits per heavy atom. The highest BCUT2D eigenvalue weighted by Crippen LogP contribution is 2.63. The van der Waals surface area contributed by atoms with Crippen LogP contribution in [0.5, 0.6) is 0 Å². The standard InChI is InChI=1S/C14HF11O/c15-4-1-2(5(16)9(20)8(4)19)14(24,25)13(1,26)3-6(17)10(21)12(23)11(22)7(3)18/h26H. The predicted octanol–water partition coefficient (Wildman–Crippen LogP) is 4.28. The minimum atomic E-state index is -5.26. The molecule has 1 nitrogen and oxygen atoms in total. The van der Waals surface area contributed by atoms with E-state index in [9.17, 15) is 53.4 Å². The molecule has 0 bridgehead atoms. The first kappa shape index (κ1) is 18.4. The van der Waals surface area contributed by atoms with Gasteiger partial charge < -0.3 is 5.11 Å². The number of rotatable bonds is 1. The van der Waals surface area contributed by atoms with Crippen molar-refractivity contribution in [1.29, 1.82) is 0 Å². The van der Waals surface area contributed by atoms with Crippen LogP contribution in [0.3, 0.4) is 0 Å². The number of halogens is 11. The van der Waals surface area contributed by atoms with E-state index in [0.29, 0.717) is 0 Å². The number of hydrogen-bond donors (Lipinski definition) is 1. The van der Waals surface area contributed by atoms with Crippen molar-refractivity contribution in [3.8, 4) is 0 Å². The van der Waals surface area contributed by atoms with E-state index in [1.807, 2.05) is 0 Å². The molecule has 1 unspecified atom stereocenters. The monoisotopic (exact) mass is 394 g/mol. The molecule has 0 spiro atoms. The second kappa shape index (κ2) is 5.09. The molecule has 26 heavy (non-hydrogen) atoms. The number of aliphatic hydroxyl groups is 1. The van der Waals surface area contributed by atoms with E-state index in [4.69, 9.17) is 0 Å². The molecule has 0 saturated carbocycles. The molecule has 1 N–H and O–H groups in total. The topological polar surface area (TPSA) is 20.2 Å². The van der Waals surface area contributed by atoms with Gasteiger partial charge >= 0.3 is 5.92 Å². The Morgan fingerprint density at radius 2 is 0.692 bits per heavy atom. The van der Waals surface area contributed by atoms with E-state index in [-0.39, 0.29) is 0 Å². The van der Waals surface area contributed by atoms with Crippen LogP contribution in [0.25, 0.3) is 0 Å². The summed E-state index contributed by atoms with van der Waals surface area (Å²) >= 11 is 0. The van der Waals surface area contributed by atoms with Gasteiger partial charge in [0.25, 0.3) is 0 Å². The Kier molecular flexibility index (Phi) is 3.60. The fraction of sp³-hybridized carbons (Fsp3) is 0.143. The van der Waals surface area contributed by atoms with Gasteiger partial charge in [-0.1, -0.05) is 0 Å². The van der Waals surface area contributed by atoms with E-state index in [1.54, 1.807) is 0 Å². The number of benzene rings is 2. The summed E-state index contributed by atoms with van der Waals surface area (Å²) in [6, 6.07) is 0. The molecule has 0 fully saturated rings. The normalized spacial score (nSPS) is 20.8. The van der Waals surface area contributed by atoms with E-state index in [1.165, 1.54) is 0 Å². The Hall–Kier alpha value is -2.37. The average molecular weight is 394 g/mol. The molecule has 1 aliphatic rings. The smallest absolute Gasteiger partial charge is 0.313 e. The van der Waals surface area contributed by atoms with Crippen LogP contribution in [0.2, 0.25) is 0 Å². The third kappa shape index (κ3) is 1.75. The fourth-order valence-corrected chi connectivity index (χ4v) is 2.75. The van der Waals surface area contributed by atoms with Gasteiger partial charge in [0.1, 0.15) is 0 Å². The van der Waals surface area contributed by atoms with E-state index in [2.05, 4.69) is 0 Å². The van der Waals surface area contributed by atoms with Crippen molar-refractivity contribution < 1.29 is 53.4 Å².